The Morgan fingerprint density at radius 2 is 1.68 bits per heavy atom. The van der Waals surface area contributed by atoms with E-state index in [0.29, 0.717) is 10.3 Å². The van der Waals surface area contributed by atoms with E-state index in [1.807, 2.05) is 0 Å². The van der Waals surface area contributed by atoms with Gasteiger partial charge in [0.25, 0.3) is 6.29 Å². The number of benzene rings is 2. The van der Waals surface area contributed by atoms with E-state index in [4.69, 9.17) is 9.57 Å². The topological polar surface area (TPSA) is 142 Å². The largest absolute Gasteiger partial charge is 0.476 e. The van der Waals surface area contributed by atoms with E-state index in [0.717, 1.165) is 12.1 Å². The molecule has 0 saturated carbocycles. The number of ether oxygens (including phenoxy) is 1. The van der Waals surface area contributed by atoms with Crippen molar-refractivity contribution in [3.63, 3.8) is 0 Å². The van der Waals surface area contributed by atoms with Crippen LogP contribution in [0.5, 0.6) is 0 Å². The van der Waals surface area contributed by atoms with Crippen molar-refractivity contribution in [3.8, 4) is 11.1 Å². The zero-order chi connectivity index (χ0) is 24.8. The number of carboxylic acids is 1. The molecule has 2 heterocycles. The fraction of sp³-hybridized carbons (Fsp3) is 0.318. The monoisotopic (exact) mass is 483 g/mol. The molecule has 3 unspecified atom stereocenters. The minimum atomic E-state index is -4.84. The van der Waals surface area contributed by atoms with Crippen LogP contribution in [0.25, 0.3) is 22.0 Å². The van der Waals surface area contributed by atoms with Crippen LogP contribution in [0.1, 0.15) is 16.1 Å². The number of carbonyl (C=O) groups is 1. The van der Waals surface area contributed by atoms with Gasteiger partial charge in [-0.15, -0.1) is 0 Å². The SMILES string of the molecule is O=C(O)c1cc2c(C(F)(F)F)cc(-c3ccccc3)cc2n1O[C@@H]1OC(CO)C(O)[C@H](O)C1O. The summed E-state index contributed by atoms with van der Waals surface area (Å²) in [6, 6.07) is 11.0. The molecule has 0 amide bonds. The van der Waals surface area contributed by atoms with Gasteiger partial charge >= 0.3 is 12.1 Å². The molecular formula is C22H20F3NO8. The van der Waals surface area contributed by atoms with Crippen molar-refractivity contribution in [2.24, 2.45) is 0 Å². The Balaban J connectivity index is 1.90. The number of aliphatic hydroxyl groups is 4. The van der Waals surface area contributed by atoms with Crippen LogP contribution in [0.15, 0.2) is 48.5 Å². The van der Waals surface area contributed by atoms with Crippen molar-refractivity contribution < 1.29 is 53.1 Å². The molecule has 9 nitrogen and oxygen atoms in total. The van der Waals surface area contributed by atoms with E-state index < -0.39 is 66.1 Å². The van der Waals surface area contributed by atoms with E-state index >= 15 is 0 Å². The molecule has 5 atom stereocenters. The molecule has 0 spiro atoms. The van der Waals surface area contributed by atoms with E-state index in [1.54, 1.807) is 30.3 Å². The summed E-state index contributed by atoms with van der Waals surface area (Å²) in [7, 11) is 0. The van der Waals surface area contributed by atoms with Gasteiger partial charge in [0.15, 0.2) is 5.69 Å². The van der Waals surface area contributed by atoms with Crippen molar-refractivity contribution >= 4 is 16.9 Å². The second kappa shape index (κ2) is 8.89. The molecular weight excluding hydrogens is 463 g/mol. The lowest BCUT2D eigenvalue weighted by Crippen LogP contribution is -2.61. The second-order valence-electron chi connectivity index (χ2n) is 7.75. The summed E-state index contributed by atoms with van der Waals surface area (Å²) >= 11 is 0. The molecule has 0 aliphatic carbocycles. The number of hydrogen-bond acceptors (Lipinski definition) is 7. The third kappa shape index (κ3) is 4.21. The summed E-state index contributed by atoms with van der Waals surface area (Å²) in [5.74, 6) is -1.63. The third-order valence-corrected chi connectivity index (χ3v) is 5.57. The average molecular weight is 483 g/mol. The van der Waals surface area contributed by atoms with E-state index in [1.165, 1.54) is 6.07 Å². The molecule has 34 heavy (non-hydrogen) atoms. The number of fused-ring (bicyclic) bond motifs is 1. The van der Waals surface area contributed by atoms with Gasteiger partial charge in [-0.05, 0) is 29.3 Å². The minimum absolute atomic E-state index is 0.120. The molecule has 3 aromatic rings. The Bertz CT molecular complexity index is 1190. The summed E-state index contributed by atoms with van der Waals surface area (Å²) < 4.78 is 47.5. The molecule has 0 bridgehead atoms. The Morgan fingerprint density at radius 3 is 2.26 bits per heavy atom. The van der Waals surface area contributed by atoms with Gasteiger partial charge in [0.2, 0.25) is 0 Å². The van der Waals surface area contributed by atoms with Crippen molar-refractivity contribution in [3.05, 3.63) is 59.8 Å². The lowest BCUT2D eigenvalue weighted by Gasteiger charge is -2.39. The molecule has 182 valence electrons. The fourth-order valence-corrected chi connectivity index (χ4v) is 3.84. The van der Waals surface area contributed by atoms with Crippen molar-refractivity contribution in [2.75, 3.05) is 6.61 Å². The van der Waals surface area contributed by atoms with Crippen molar-refractivity contribution in [2.45, 2.75) is 36.9 Å². The number of nitrogens with zero attached hydrogens (tertiary/aromatic N) is 1. The van der Waals surface area contributed by atoms with Gasteiger partial charge < -0.3 is 35.1 Å². The van der Waals surface area contributed by atoms with Crippen LogP contribution in [0.4, 0.5) is 13.2 Å². The van der Waals surface area contributed by atoms with Gasteiger partial charge in [-0.3, -0.25) is 0 Å². The van der Waals surface area contributed by atoms with Crippen LogP contribution < -0.4 is 4.84 Å². The summed E-state index contributed by atoms with van der Waals surface area (Å²) in [5, 5.41) is 48.7. The number of aromatic nitrogens is 1. The maximum absolute atomic E-state index is 13.9. The molecule has 1 aliphatic rings. The number of carboxylic acid groups (broad SMARTS) is 1. The van der Waals surface area contributed by atoms with Gasteiger partial charge in [-0.25, -0.2) is 4.79 Å². The quantitative estimate of drug-likeness (QED) is 0.365. The molecule has 5 N–H and O–H groups in total. The molecule has 4 rings (SSSR count). The normalized spacial score (nSPS) is 25.4. The Hall–Kier alpha value is -3.16. The molecule has 1 fully saturated rings. The van der Waals surface area contributed by atoms with Gasteiger partial charge in [0.05, 0.1) is 17.7 Å². The van der Waals surface area contributed by atoms with Crippen LogP contribution in [-0.2, 0) is 10.9 Å². The minimum Gasteiger partial charge on any atom is -0.476 e. The highest BCUT2D eigenvalue weighted by Gasteiger charge is 2.45. The number of hydrogen-bond donors (Lipinski definition) is 5. The predicted octanol–water partition coefficient (Wildman–Crippen LogP) is 1.25. The molecule has 1 saturated heterocycles. The predicted molar refractivity (Wildman–Crippen MR) is 110 cm³/mol. The van der Waals surface area contributed by atoms with Gasteiger partial charge in [-0.2, -0.15) is 17.9 Å². The fourth-order valence-electron chi connectivity index (χ4n) is 3.84. The first kappa shape index (κ1) is 24.0. The lowest BCUT2D eigenvalue weighted by atomic mass is 9.99. The Labute approximate surface area is 189 Å². The van der Waals surface area contributed by atoms with Gasteiger partial charge in [0, 0.05) is 5.39 Å². The van der Waals surface area contributed by atoms with Crippen LogP contribution >= 0.6 is 0 Å². The number of aromatic carboxylic acids is 1. The van der Waals surface area contributed by atoms with Crippen LogP contribution in [0.3, 0.4) is 0 Å². The number of rotatable bonds is 5. The van der Waals surface area contributed by atoms with Crippen molar-refractivity contribution in [1.29, 1.82) is 0 Å². The molecule has 1 aliphatic heterocycles. The summed E-state index contributed by atoms with van der Waals surface area (Å²) in [6.07, 6.45) is -13.5. The second-order valence-corrected chi connectivity index (χ2v) is 7.75. The summed E-state index contributed by atoms with van der Waals surface area (Å²) in [6.45, 7) is -0.778. The smallest absolute Gasteiger partial charge is 0.417 e. The van der Waals surface area contributed by atoms with Crippen LogP contribution in [0, 0.1) is 0 Å². The summed E-state index contributed by atoms with van der Waals surface area (Å²) in [5.41, 5.74) is -1.56. The zero-order valence-corrected chi connectivity index (χ0v) is 17.3. The maximum Gasteiger partial charge on any atom is 0.417 e. The number of aliphatic hydroxyl groups excluding tert-OH is 4. The highest BCUT2D eigenvalue weighted by atomic mass is 19.4. The van der Waals surface area contributed by atoms with Crippen LogP contribution in [-0.4, -0.2) is 73.5 Å². The third-order valence-electron chi connectivity index (χ3n) is 5.57. The Morgan fingerprint density at radius 1 is 1.00 bits per heavy atom. The van der Waals surface area contributed by atoms with Crippen LogP contribution in [0.2, 0.25) is 0 Å². The number of alkyl halides is 3. The van der Waals surface area contributed by atoms with Gasteiger partial charge in [-0.1, -0.05) is 30.3 Å². The first-order chi connectivity index (χ1) is 16.0. The molecule has 2 aromatic carbocycles. The van der Waals surface area contributed by atoms with E-state index in [9.17, 15) is 43.5 Å². The van der Waals surface area contributed by atoms with Gasteiger partial charge in [0.1, 0.15) is 24.4 Å². The van der Waals surface area contributed by atoms with E-state index in [-0.39, 0.29) is 11.1 Å². The molecule has 1 aromatic heterocycles. The summed E-state index contributed by atoms with van der Waals surface area (Å²) in [4.78, 5) is 17.3. The molecule has 12 heteroatoms. The maximum atomic E-state index is 13.9. The lowest BCUT2D eigenvalue weighted by molar-refractivity contribution is -0.299. The number of halogens is 3. The highest BCUT2D eigenvalue weighted by molar-refractivity contribution is 5.97. The molecule has 0 radical (unpaired) electrons. The highest BCUT2D eigenvalue weighted by Crippen LogP contribution is 2.39. The first-order valence-electron chi connectivity index (χ1n) is 10.1. The zero-order valence-electron chi connectivity index (χ0n) is 17.3. The Kier molecular flexibility index (Phi) is 6.27. The average Bonchev–Trinajstić information content (AvgIpc) is 3.17. The van der Waals surface area contributed by atoms with E-state index in [2.05, 4.69) is 0 Å². The van der Waals surface area contributed by atoms with Crippen molar-refractivity contribution in [1.82, 2.24) is 4.73 Å². The standard InChI is InChI=1S/C22H20F3NO8/c23-22(24,25)13-6-11(10-4-2-1-3-5-10)7-14-12(13)8-15(20(31)32)26(14)34-21-19(30)18(29)17(28)16(9-27)33-21/h1-8,16-19,21,27-30H,9H2,(H,31,32)/t16?,17?,18-,19?,21-/m0/s1. The first-order valence-corrected chi connectivity index (χ1v) is 10.1.